The second-order valence-electron chi connectivity index (χ2n) is 5.99. The van der Waals surface area contributed by atoms with Crippen molar-refractivity contribution in [1.82, 2.24) is 9.80 Å². The monoisotopic (exact) mass is 325 g/mol. The van der Waals surface area contributed by atoms with E-state index < -0.39 is 0 Å². The van der Waals surface area contributed by atoms with Crippen LogP contribution in [0.15, 0.2) is 48.5 Å². The first-order valence-electron chi connectivity index (χ1n) is 8.15. The molecule has 126 valence electrons. The Balaban J connectivity index is 1.78. The molecular weight excluding hydrogens is 302 g/mol. The summed E-state index contributed by atoms with van der Waals surface area (Å²) in [5.74, 6) is 0.891. The van der Waals surface area contributed by atoms with E-state index in [1.165, 1.54) is 0 Å². The molecule has 24 heavy (non-hydrogen) atoms. The Labute approximate surface area is 142 Å². The van der Waals surface area contributed by atoms with Crippen LogP contribution in [-0.4, -0.2) is 56.0 Å². The van der Waals surface area contributed by atoms with Crippen molar-refractivity contribution in [2.24, 2.45) is 0 Å². The fraction of sp³-hybridized carbons (Fsp3) is 0.316. The molecule has 0 aromatic heterocycles. The highest BCUT2D eigenvalue weighted by Gasteiger charge is 2.22. The van der Waals surface area contributed by atoms with Crippen LogP contribution in [0.2, 0.25) is 0 Å². The number of ether oxygens (including phenoxy) is 1. The van der Waals surface area contributed by atoms with Crippen molar-refractivity contribution in [2.45, 2.75) is 0 Å². The molecule has 2 aromatic carbocycles. The van der Waals surface area contributed by atoms with E-state index >= 15 is 0 Å². The first-order valence-corrected chi connectivity index (χ1v) is 8.15. The van der Waals surface area contributed by atoms with Gasteiger partial charge in [-0.15, -0.1) is 0 Å². The molecule has 1 aliphatic heterocycles. The molecule has 1 fully saturated rings. The summed E-state index contributed by atoms with van der Waals surface area (Å²) in [6.07, 6.45) is 0. The molecule has 0 saturated carbocycles. The topological polar surface area (TPSA) is 44.8 Å². The number of para-hydroxylation sites is 1. The van der Waals surface area contributed by atoms with E-state index in [0.717, 1.165) is 43.3 Å². The Hall–Kier alpha value is -2.53. The van der Waals surface area contributed by atoms with Gasteiger partial charge in [-0.3, -0.25) is 4.79 Å². The van der Waals surface area contributed by atoms with E-state index in [-0.39, 0.29) is 5.91 Å². The second kappa shape index (κ2) is 7.36. The fourth-order valence-electron chi connectivity index (χ4n) is 2.79. The number of likely N-dealkylation sites (N-methyl/N-ethyl adjacent to an activating group) is 1. The van der Waals surface area contributed by atoms with Gasteiger partial charge in [-0.1, -0.05) is 12.1 Å². The maximum Gasteiger partial charge on any atom is 0.256 e. The molecular formula is C19H23N3O2. The Bertz CT molecular complexity index is 692. The highest BCUT2D eigenvalue weighted by atomic mass is 16.5. The summed E-state index contributed by atoms with van der Waals surface area (Å²) in [4.78, 5) is 17.0. The maximum atomic E-state index is 12.9. The second-order valence-corrected chi connectivity index (χ2v) is 5.99. The lowest BCUT2D eigenvalue weighted by Crippen LogP contribution is -2.47. The van der Waals surface area contributed by atoms with Crippen LogP contribution < -0.4 is 10.1 Å². The normalized spacial score (nSPS) is 15.2. The van der Waals surface area contributed by atoms with Crippen molar-refractivity contribution in [3.05, 3.63) is 54.1 Å². The van der Waals surface area contributed by atoms with Gasteiger partial charge in [0.1, 0.15) is 5.75 Å². The Morgan fingerprint density at radius 1 is 1.00 bits per heavy atom. The summed E-state index contributed by atoms with van der Waals surface area (Å²) in [5, 5.41) is 3.34. The lowest BCUT2D eigenvalue weighted by molar-refractivity contribution is 0.0665. The molecule has 2 aromatic rings. The third-order valence-corrected chi connectivity index (χ3v) is 4.32. The molecule has 0 bridgehead atoms. The minimum Gasteiger partial charge on any atom is -0.497 e. The first kappa shape index (κ1) is 16.3. The number of hydrogen-bond acceptors (Lipinski definition) is 4. The quantitative estimate of drug-likeness (QED) is 0.939. The van der Waals surface area contributed by atoms with Gasteiger partial charge < -0.3 is 19.9 Å². The van der Waals surface area contributed by atoms with Gasteiger partial charge in [-0.2, -0.15) is 0 Å². The number of piperazine rings is 1. The Morgan fingerprint density at radius 3 is 2.33 bits per heavy atom. The molecule has 1 aliphatic rings. The zero-order chi connectivity index (χ0) is 16.9. The van der Waals surface area contributed by atoms with Crippen LogP contribution in [-0.2, 0) is 0 Å². The summed E-state index contributed by atoms with van der Waals surface area (Å²) in [5.41, 5.74) is 2.46. The molecule has 1 N–H and O–H groups in total. The smallest absolute Gasteiger partial charge is 0.256 e. The highest BCUT2D eigenvalue weighted by Crippen LogP contribution is 2.24. The lowest BCUT2D eigenvalue weighted by Gasteiger charge is -2.32. The van der Waals surface area contributed by atoms with Crippen molar-refractivity contribution in [2.75, 3.05) is 45.7 Å². The van der Waals surface area contributed by atoms with E-state index in [4.69, 9.17) is 4.74 Å². The predicted molar refractivity (Wildman–Crippen MR) is 96.1 cm³/mol. The van der Waals surface area contributed by atoms with Crippen molar-refractivity contribution < 1.29 is 9.53 Å². The van der Waals surface area contributed by atoms with Gasteiger partial charge in [-0.25, -0.2) is 0 Å². The average Bonchev–Trinajstić information content (AvgIpc) is 2.63. The van der Waals surface area contributed by atoms with Crippen LogP contribution in [0.5, 0.6) is 5.75 Å². The van der Waals surface area contributed by atoms with Crippen molar-refractivity contribution in [3.8, 4) is 5.75 Å². The SMILES string of the molecule is COc1ccc(Nc2ccccc2C(=O)N2CCN(C)CC2)cc1. The van der Waals surface area contributed by atoms with Crippen LogP contribution in [0.4, 0.5) is 11.4 Å². The number of rotatable bonds is 4. The molecule has 0 atom stereocenters. The fourth-order valence-corrected chi connectivity index (χ4v) is 2.79. The largest absolute Gasteiger partial charge is 0.497 e. The molecule has 5 nitrogen and oxygen atoms in total. The van der Waals surface area contributed by atoms with Crippen LogP contribution >= 0.6 is 0 Å². The van der Waals surface area contributed by atoms with Gasteiger partial charge in [-0.05, 0) is 43.4 Å². The number of methoxy groups -OCH3 is 1. The maximum absolute atomic E-state index is 12.9. The molecule has 0 spiro atoms. The van der Waals surface area contributed by atoms with Gasteiger partial charge in [0.15, 0.2) is 0 Å². The molecule has 3 rings (SSSR count). The summed E-state index contributed by atoms with van der Waals surface area (Å²) < 4.78 is 5.18. The van der Waals surface area contributed by atoms with Crippen LogP contribution in [0, 0.1) is 0 Å². The summed E-state index contributed by atoms with van der Waals surface area (Å²) in [6, 6.07) is 15.3. The number of anilines is 2. The standard InChI is InChI=1S/C19H23N3O2/c1-21-11-13-22(14-12-21)19(23)17-5-3-4-6-18(17)20-15-7-9-16(24-2)10-8-15/h3-10,20H,11-14H2,1-2H3. The third-order valence-electron chi connectivity index (χ3n) is 4.32. The van der Waals surface area contributed by atoms with Crippen molar-refractivity contribution >= 4 is 17.3 Å². The number of amides is 1. The summed E-state index contributed by atoms with van der Waals surface area (Å²) in [7, 11) is 3.73. The number of carbonyl (C=O) groups excluding carboxylic acids is 1. The summed E-state index contributed by atoms with van der Waals surface area (Å²) >= 11 is 0. The van der Waals surface area contributed by atoms with E-state index in [1.54, 1.807) is 7.11 Å². The van der Waals surface area contributed by atoms with Gasteiger partial charge in [0, 0.05) is 31.9 Å². The third kappa shape index (κ3) is 3.68. The van der Waals surface area contributed by atoms with Crippen LogP contribution in [0.25, 0.3) is 0 Å². The lowest BCUT2D eigenvalue weighted by atomic mass is 10.1. The van der Waals surface area contributed by atoms with Gasteiger partial charge >= 0.3 is 0 Å². The Morgan fingerprint density at radius 2 is 1.67 bits per heavy atom. The predicted octanol–water partition coefficient (Wildman–Crippen LogP) is 2.83. The van der Waals surface area contributed by atoms with Gasteiger partial charge in [0.25, 0.3) is 5.91 Å². The molecule has 5 heteroatoms. The zero-order valence-corrected chi connectivity index (χ0v) is 14.2. The number of carbonyl (C=O) groups is 1. The minimum absolute atomic E-state index is 0.0831. The van der Waals surface area contributed by atoms with E-state index in [0.29, 0.717) is 5.56 Å². The van der Waals surface area contributed by atoms with Crippen molar-refractivity contribution in [1.29, 1.82) is 0 Å². The molecule has 0 radical (unpaired) electrons. The highest BCUT2D eigenvalue weighted by molar-refractivity contribution is 6.00. The van der Waals surface area contributed by atoms with E-state index in [2.05, 4.69) is 17.3 Å². The number of hydrogen-bond donors (Lipinski definition) is 1. The van der Waals surface area contributed by atoms with E-state index in [9.17, 15) is 4.79 Å². The Kier molecular flexibility index (Phi) is 5.01. The molecule has 1 heterocycles. The number of nitrogens with one attached hydrogen (secondary N) is 1. The number of nitrogens with zero attached hydrogens (tertiary/aromatic N) is 2. The zero-order valence-electron chi connectivity index (χ0n) is 14.2. The summed E-state index contributed by atoms with van der Waals surface area (Å²) in [6.45, 7) is 3.37. The van der Waals surface area contributed by atoms with Gasteiger partial charge in [0.05, 0.1) is 18.4 Å². The average molecular weight is 325 g/mol. The molecule has 1 saturated heterocycles. The molecule has 0 aliphatic carbocycles. The van der Waals surface area contributed by atoms with E-state index in [1.807, 2.05) is 53.4 Å². The first-order chi connectivity index (χ1) is 11.7. The van der Waals surface area contributed by atoms with Gasteiger partial charge in [0.2, 0.25) is 0 Å². The number of benzene rings is 2. The van der Waals surface area contributed by atoms with Crippen LogP contribution in [0.3, 0.4) is 0 Å². The van der Waals surface area contributed by atoms with Crippen molar-refractivity contribution in [3.63, 3.8) is 0 Å². The molecule has 1 amide bonds. The molecule has 0 unspecified atom stereocenters. The minimum atomic E-state index is 0.0831. The van der Waals surface area contributed by atoms with Crippen LogP contribution in [0.1, 0.15) is 10.4 Å².